The third kappa shape index (κ3) is 4.87. The molecule has 0 aliphatic carbocycles. The van der Waals surface area contributed by atoms with Crippen LogP contribution in [-0.4, -0.2) is 44.5 Å². The fourth-order valence-corrected chi connectivity index (χ4v) is 3.29. The van der Waals surface area contributed by atoms with Crippen molar-refractivity contribution in [3.63, 3.8) is 0 Å². The number of carbonyl (C=O) groups is 1. The van der Waals surface area contributed by atoms with Crippen LogP contribution in [0.2, 0.25) is 0 Å². The van der Waals surface area contributed by atoms with Gasteiger partial charge in [-0.05, 0) is 42.0 Å². The number of carbonyl (C=O) groups excluding carboxylic acids is 1. The zero-order valence-corrected chi connectivity index (χ0v) is 17.8. The lowest BCUT2D eigenvalue weighted by atomic mass is 10.1. The highest BCUT2D eigenvalue weighted by atomic mass is 32.1. The molecule has 1 N–H and O–H groups in total. The molecule has 0 unspecified atom stereocenters. The van der Waals surface area contributed by atoms with Gasteiger partial charge in [0.05, 0.1) is 28.4 Å². The molecule has 3 rings (SSSR count). The van der Waals surface area contributed by atoms with Crippen LogP contribution in [0.25, 0.3) is 12.2 Å². The van der Waals surface area contributed by atoms with Crippen LogP contribution in [0.15, 0.2) is 36.4 Å². The van der Waals surface area contributed by atoms with Crippen LogP contribution in [-0.2, 0) is 0 Å². The summed E-state index contributed by atoms with van der Waals surface area (Å²) in [5.74, 6) is 1.95. The van der Waals surface area contributed by atoms with E-state index >= 15 is 0 Å². The molecule has 9 heteroatoms. The molecule has 156 valence electrons. The van der Waals surface area contributed by atoms with Crippen molar-refractivity contribution < 1.29 is 23.7 Å². The molecular formula is C21H21N3O5S. The SMILES string of the molecule is COc1cccc(C(=O)Nc2nnc(/C=C/c3cc(OC)c(OC)c(OC)c3)s2)c1. The zero-order chi connectivity index (χ0) is 21.5. The first kappa shape index (κ1) is 21.1. The van der Waals surface area contributed by atoms with E-state index in [-0.39, 0.29) is 5.91 Å². The minimum atomic E-state index is -0.287. The minimum absolute atomic E-state index is 0.287. The van der Waals surface area contributed by atoms with Gasteiger partial charge in [-0.25, -0.2) is 0 Å². The largest absolute Gasteiger partial charge is 0.497 e. The standard InChI is InChI=1S/C21H21N3O5S/c1-26-15-7-5-6-14(12-15)20(25)22-21-24-23-18(30-21)9-8-13-10-16(27-2)19(29-4)17(11-13)28-3/h5-12H,1-4H3,(H,22,24,25)/b9-8+. The first-order chi connectivity index (χ1) is 14.6. The van der Waals surface area contributed by atoms with Gasteiger partial charge in [0, 0.05) is 5.56 Å². The van der Waals surface area contributed by atoms with Crippen molar-refractivity contribution in [2.24, 2.45) is 0 Å². The van der Waals surface area contributed by atoms with Crippen molar-refractivity contribution >= 4 is 34.5 Å². The Hall–Kier alpha value is -3.59. The van der Waals surface area contributed by atoms with E-state index in [1.807, 2.05) is 18.2 Å². The maximum atomic E-state index is 12.4. The highest BCUT2D eigenvalue weighted by Crippen LogP contribution is 2.38. The summed E-state index contributed by atoms with van der Waals surface area (Å²) in [5.41, 5.74) is 1.31. The Bertz CT molecular complexity index is 1040. The van der Waals surface area contributed by atoms with Crippen LogP contribution >= 0.6 is 11.3 Å². The summed E-state index contributed by atoms with van der Waals surface area (Å²) in [7, 11) is 6.23. The summed E-state index contributed by atoms with van der Waals surface area (Å²) in [6.45, 7) is 0. The monoisotopic (exact) mass is 427 g/mol. The molecule has 0 aliphatic heterocycles. The molecule has 1 amide bonds. The van der Waals surface area contributed by atoms with Crippen molar-refractivity contribution in [2.75, 3.05) is 33.8 Å². The predicted molar refractivity (Wildman–Crippen MR) is 116 cm³/mol. The van der Waals surface area contributed by atoms with Crippen molar-refractivity contribution in [1.82, 2.24) is 10.2 Å². The normalized spacial score (nSPS) is 10.7. The average Bonchev–Trinajstić information content (AvgIpc) is 3.23. The molecule has 0 bridgehead atoms. The highest BCUT2D eigenvalue weighted by Gasteiger charge is 2.13. The van der Waals surface area contributed by atoms with Gasteiger partial charge >= 0.3 is 0 Å². The van der Waals surface area contributed by atoms with Crippen molar-refractivity contribution in [1.29, 1.82) is 0 Å². The van der Waals surface area contributed by atoms with E-state index in [9.17, 15) is 4.79 Å². The summed E-state index contributed by atoms with van der Waals surface area (Å²) in [6, 6.07) is 10.5. The maximum absolute atomic E-state index is 12.4. The molecule has 0 atom stereocenters. The maximum Gasteiger partial charge on any atom is 0.257 e. The number of nitrogens with one attached hydrogen (secondary N) is 1. The summed E-state index contributed by atoms with van der Waals surface area (Å²) in [6.07, 6.45) is 3.64. The van der Waals surface area contributed by atoms with Crippen molar-refractivity contribution in [3.8, 4) is 23.0 Å². The molecule has 0 spiro atoms. The Balaban J connectivity index is 1.73. The van der Waals surface area contributed by atoms with Gasteiger partial charge in [-0.1, -0.05) is 23.5 Å². The number of nitrogens with zero attached hydrogens (tertiary/aromatic N) is 2. The number of methoxy groups -OCH3 is 4. The molecular weight excluding hydrogens is 406 g/mol. The van der Waals surface area contributed by atoms with Crippen LogP contribution in [0.5, 0.6) is 23.0 Å². The number of rotatable bonds is 8. The van der Waals surface area contributed by atoms with Gasteiger partial charge < -0.3 is 18.9 Å². The van der Waals surface area contributed by atoms with Gasteiger partial charge in [-0.3, -0.25) is 10.1 Å². The average molecular weight is 427 g/mol. The molecule has 1 heterocycles. The van der Waals surface area contributed by atoms with E-state index in [0.717, 1.165) is 5.56 Å². The minimum Gasteiger partial charge on any atom is -0.497 e. The first-order valence-corrected chi connectivity index (χ1v) is 9.66. The van der Waals surface area contributed by atoms with Crippen molar-refractivity contribution in [2.45, 2.75) is 0 Å². The van der Waals surface area contributed by atoms with Crippen molar-refractivity contribution in [3.05, 3.63) is 52.5 Å². The Labute approximate surface area is 178 Å². The number of amides is 1. The lowest BCUT2D eigenvalue weighted by molar-refractivity contribution is 0.102. The van der Waals surface area contributed by atoms with Crippen LogP contribution in [0.4, 0.5) is 5.13 Å². The summed E-state index contributed by atoms with van der Waals surface area (Å²) in [5, 5.41) is 11.9. The molecule has 0 radical (unpaired) electrons. The third-order valence-corrected chi connectivity index (χ3v) is 4.90. The highest BCUT2D eigenvalue weighted by molar-refractivity contribution is 7.16. The fraction of sp³-hybridized carbons (Fsp3) is 0.190. The lowest BCUT2D eigenvalue weighted by Crippen LogP contribution is -2.11. The van der Waals surface area contributed by atoms with Gasteiger partial charge in [-0.15, -0.1) is 10.2 Å². The van der Waals surface area contributed by atoms with Gasteiger partial charge in [0.2, 0.25) is 10.9 Å². The lowest BCUT2D eigenvalue weighted by Gasteiger charge is -2.12. The Morgan fingerprint density at radius 1 is 0.933 bits per heavy atom. The summed E-state index contributed by atoms with van der Waals surface area (Å²) < 4.78 is 21.2. The van der Waals surface area contributed by atoms with E-state index in [0.29, 0.717) is 38.7 Å². The molecule has 1 aromatic heterocycles. The van der Waals surface area contributed by atoms with Crippen LogP contribution in [0.3, 0.4) is 0 Å². The quantitative estimate of drug-likeness (QED) is 0.581. The second-order valence-corrected chi connectivity index (χ2v) is 6.93. The number of benzene rings is 2. The Morgan fingerprint density at radius 3 is 2.30 bits per heavy atom. The van der Waals surface area contributed by atoms with E-state index in [2.05, 4.69) is 15.5 Å². The summed E-state index contributed by atoms with van der Waals surface area (Å²) >= 11 is 1.25. The smallest absolute Gasteiger partial charge is 0.257 e. The zero-order valence-electron chi connectivity index (χ0n) is 17.0. The van der Waals surface area contributed by atoms with Crippen LogP contribution in [0.1, 0.15) is 20.9 Å². The number of aromatic nitrogens is 2. The number of ether oxygens (including phenoxy) is 4. The van der Waals surface area contributed by atoms with Gasteiger partial charge in [0.25, 0.3) is 5.91 Å². The second-order valence-electron chi connectivity index (χ2n) is 5.92. The molecule has 0 fully saturated rings. The molecule has 30 heavy (non-hydrogen) atoms. The fourth-order valence-electron chi connectivity index (χ4n) is 2.65. The van der Waals surface area contributed by atoms with Gasteiger partial charge in [-0.2, -0.15) is 0 Å². The number of hydrogen-bond donors (Lipinski definition) is 1. The molecule has 3 aromatic rings. The van der Waals surface area contributed by atoms with E-state index in [1.54, 1.807) is 58.8 Å². The first-order valence-electron chi connectivity index (χ1n) is 8.85. The molecule has 2 aromatic carbocycles. The van der Waals surface area contributed by atoms with E-state index < -0.39 is 0 Å². The third-order valence-electron chi connectivity index (χ3n) is 4.10. The summed E-state index contributed by atoms with van der Waals surface area (Å²) in [4.78, 5) is 12.4. The molecule has 8 nitrogen and oxygen atoms in total. The van der Waals surface area contributed by atoms with Gasteiger partial charge in [0.1, 0.15) is 10.8 Å². The number of anilines is 1. The Morgan fingerprint density at radius 2 is 1.67 bits per heavy atom. The topological polar surface area (TPSA) is 91.8 Å². The number of hydrogen-bond acceptors (Lipinski definition) is 8. The molecule has 0 saturated carbocycles. The van der Waals surface area contributed by atoms with Crippen LogP contribution in [0, 0.1) is 0 Å². The van der Waals surface area contributed by atoms with Crippen LogP contribution < -0.4 is 24.3 Å². The predicted octanol–water partition coefficient (Wildman–Crippen LogP) is 4.00. The molecule has 0 aliphatic rings. The van der Waals surface area contributed by atoms with Gasteiger partial charge in [0.15, 0.2) is 11.5 Å². The Kier molecular flexibility index (Phi) is 6.87. The van der Waals surface area contributed by atoms with E-state index in [4.69, 9.17) is 18.9 Å². The van der Waals surface area contributed by atoms with E-state index in [1.165, 1.54) is 11.3 Å². The molecule has 0 saturated heterocycles. The second kappa shape index (κ2) is 9.75.